The summed E-state index contributed by atoms with van der Waals surface area (Å²) in [4.78, 5) is 0. The van der Waals surface area contributed by atoms with Crippen LogP contribution in [0.4, 0.5) is 0 Å². The van der Waals surface area contributed by atoms with Gasteiger partial charge in [-0.1, -0.05) is 6.42 Å². The molecule has 1 aliphatic rings. The van der Waals surface area contributed by atoms with Gasteiger partial charge in [0.05, 0.1) is 0 Å². The Morgan fingerprint density at radius 2 is 2.23 bits per heavy atom. The number of hydrogen-bond acceptors (Lipinski definition) is 2. The van der Waals surface area contributed by atoms with Gasteiger partial charge in [-0.25, -0.2) is 0 Å². The van der Waals surface area contributed by atoms with Crippen molar-refractivity contribution in [3.05, 3.63) is 22.6 Å². The molecule has 0 spiro atoms. The Bertz CT molecular complexity index is 302. The van der Waals surface area contributed by atoms with Gasteiger partial charge in [0.25, 0.3) is 0 Å². The summed E-state index contributed by atoms with van der Waals surface area (Å²) in [7, 11) is 0. The quantitative estimate of drug-likeness (QED) is 0.868. The maximum absolute atomic E-state index is 6.00. The maximum atomic E-state index is 6.00. The first-order valence-electron chi connectivity index (χ1n) is 4.66. The summed E-state index contributed by atoms with van der Waals surface area (Å²) < 4.78 is 6.39. The van der Waals surface area contributed by atoms with Gasteiger partial charge in [0.2, 0.25) is 0 Å². The molecule has 1 fully saturated rings. The van der Waals surface area contributed by atoms with Gasteiger partial charge in [0, 0.05) is 11.5 Å². The number of halogens is 1. The van der Waals surface area contributed by atoms with Gasteiger partial charge in [-0.3, -0.25) is 0 Å². The van der Waals surface area contributed by atoms with Crippen molar-refractivity contribution in [3.63, 3.8) is 0 Å². The van der Waals surface area contributed by atoms with Crippen LogP contribution in [0.25, 0.3) is 0 Å². The summed E-state index contributed by atoms with van der Waals surface area (Å²) in [5, 5.41) is 0. The van der Waals surface area contributed by atoms with Crippen molar-refractivity contribution in [2.45, 2.75) is 37.6 Å². The molecule has 1 saturated carbocycles. The second-order valence-electron chi connectivity index (χ2n) is 3.90. The lowest BCUT2D eigenvalue weighted by molar-refractivity contribution is 0.166. The molecule has 0 saturated heterocycles. The topological polar surface area (TPSA) is 39.2 Å². The van der Waals surface area contributed by atoms with Crippen molar-refractivity contribution in [3.8, 4) is 0 Å². The monoisotopic (exact) mass is 243 g/mol. The highest BCUT2D eigenvalue weighted by molar-refractivity contribution is 9.10. The maximum Gasteiger partial charge on any atom is 0.169 e. The minimum Gasteiger partial charge on any atom is -0.454 e. The summed E-state index contributed by atoms with van der Waals surface area (Å²) in [6.45, 7) is 2.07. The minimum absolute atomic E-state index is 0.117. The van der Waals surface area contributed by atoms with E-state index in [4.69, 9.17) is 10.2 Å². The number of rotatable bonds is 2. The van der Waals surface area contributed by atoms with E-state index in [-0.39, 0.29) is 11.5 Å². The van der Waals surface area contributed by atoms with Crippen LogP contribution >= 0.6 is 15.9 Å². The van der Waals surface area contributed by atoms with Crippen molar-refractivity contribution in [2.75, 3.05) is 0 Å². The average Bonchev–Trinajstić information content (AvgIpc) is 2.32. The highest BCUT2D eigenvalue weighted by Crippen LogP contribution is 2.46. The molecule has 1 unspecified atom stereocenters. The van der Waals surface area contributed by atoms with Crippen LogP contribution in [-0.4, -0.2) is 6.04 Å². The van der Waals surface area contributed by atoms with Gasteiger partial charge < -0.3 is 10.2 Å². The Kier molecular flexibility index (Phi) is 2.24. The van der Waals surface area contributed by atoms with Crippen LogP contribution in [0.3, 0.4) is 0 Å². The molecular formula is C10H14BrNO. The van der Waals surface area contributed by atoms with E-state index in [1.807, 2.05) is 12.1 Å². The molecular weight excluding hydrogens is 230 g/mol. The summed E-state index contributed by atoms with van der Waals surface area (Å²) in [6.07, 6.45) is 3.58. The Morgan fingerprint density at radius 3 is 2.54 bits per heavy atom. The second-order valence-corrected chi connectivity index (χ2v) is 4.68. The molecule has 2 nitrogen and oxygen atoms in total. The van der Waals surface area contributed by atoms with Gasteiger partial charge in [-0.15, -0.1) is 0 Å². The minimum atomic E-state index is 0.117. The van der Waals surface area contributed by atoms with Gasteiger partial charge in [0.1, 0.15) is 5.76 Å². The zero-order valence-corrected chi connectivity index (χ0v) is 9.30. The van der Waals surface area contributed by atoms with Crippen molar-refractivity contribution < 1.29 is 4.42 Å². The molecule has 1 heterocycles. The van der Waals surface area contributed by atoms with Crippen LogP contribution in [0, 0.1) is 0 Å². The Morgan fingerprint density at radius 1 is 1.54 bits per heavy atom. The molecule has 0 aromatic carbocycles. The molecule has 1 atom stereocenters. The smallest absolute Gasteiger partial charge is 0.169 e. The van der Waals surface area contributed by atoms with E-state index in [0.29, 0.717) is 0 Å². The normalized spacial score (nSPS) is 22.4. The van der Waals surface area contributed by atoms with E-state index >= 15 is 0 Å². The fourth-order valence-corrected chi connectivity index (χ4v) is 2.37. The third kappa shape index (κ3) is 1.34. The van der Waals surface area contributed by atoms with Crippen molar-refractivity contribution in [1.82, 2.24) is 0 Å². The molecule has 13 heavy (non-hydrogen) atoms. The van der Waals surface area contributed by atoms with Crippen LogP contribution in [0.5, 0.6) is 0 Å². The molecule has 3 heteroatoms. The Labute approximate surface area is 86.6 Å². The molecule has 1 aromatic rings. The van der Waals surface area contributed by atoms with Crippen LogP contribution < -0.4 is 5.73 Å². The summed E-state index contributed by atoms with van der Waals surface area (Å²) in [6, 6.07) is 4.16. The molecule has 0 bridgehead atoms. The average molecular weight is 244 g/mol. The van der Waals surface area contributed by atoms with E-state index in [0.717, 1.165) is 23.3 Å². The first kappa shape index (κ1) is 9.28. The zero-order chi connectivity index (χ0) is 9.47. The molecule has 1 aromatic heterocycles. The predicted octanol–water partition coefficient (Wildman–Crippen LogP) is 2.81. The highest BCUT2D eigenvalue weighted by Gasteiger charge is 2.44. The SMILES string of the molecule is CC(N)C1(c2ccc(Br)o2)CCC1. The van der Waals surface area contributed by atoms with E-state index in [1.54, 1.807) is 0 Å². The Balaban J connectivity index is 2.31. The zero-order valence-electron chi connectivity index (χ0n) is 7.72. The van der Waals surface area contributed by atoms with E-state index in [2.05, 4.69) is 22.9 Å². The van der Waals surface area contributed by atoms with Gasteiger partial charge in [0.15, 0.2) is 4.67 Å². The van der Waals surface area contributed by atoms with Crippen LogP contribution in [0.1, 0.15) is 31.9 Å². The molecule has 2 rings (SSSR count). The van der Waals surface area contributed by atoms with Crippen LogP contribution in [0.2, 0.25) is 0 Å². The van der Waals surface area contributed by atoms with Gasteiger partial charge >= 0.3 is 0 Å². The highest BCUT2D eigenvalue weighted by atomic mass is 79.9. The number of hydrogen-bond donors (Lipinski definition) is 1. The summed E-state index contributed by atoms with van der Waals surface area (Å²) in [5.74, 6) is 1.04. The summed E-state index contributed by atoms with van der Waals surface area (Å²) >= 11 is 3.32. The molecule has 0 radical (unpaired) electrons. The third-order valence-corrected chi connectivity index (χ3v) is 3.61. The number of nitrogens with two attached hydrogens (primary N) is 1. The molecule has 0 amide bonds. The van der Waals surface area contributed by atoms with Crippen molar-refractivity contribution in [2.24, 2.45) is 5.73 Å². The molecule has 72 valence electrons. The van der Waals surface area contributed by atoms with Gasteiger partial charge in [-0.2, -0.15) is 0 Å². The third-order valence-electron chi connectivity index (χ3n) is 3.18. The lowest BCUT2D eigenvalue weighted by Crippen LogP contribution is -2.48. The van der Waals surface area contributed by atoms with Crippen molar-refractivity contribution in [1.29, 1.82) is 0 Å². The molecule has 1 aliphatic carbocycles. The molecule has 2 N–H and O–H groups in total. The van der Waals surface area contributed by atoms with Gasteiger partial charge in [-0.05, 0) is 47.8 Å². The lowest BCUT2D eigenvalue weighted by atomic mass is 9.63. The van der Waals surface area contributed by atoms with E-state index < -0.39 is 0 Å². The molecule has 0 aliphatic heterocycles. The van der Waals surface area contributed by atoms with Crippen molar-refractivity contribution >= 4 is 15.9 Å². The van der Waals surface area contributed by atoms with E-state index in [9.17, 15) is 0 Å². The fourth-order valence-electron chi connectivity index (χ4n) is 2.07. The second kappa shape index (κ2) is 3.14. The summed E-state index contributed by atoms with van der Waals surface area (Å²) in [5.41, 5.74) is 6.12. The van der Waals surface area contributed by atoms with Crippen LogP contribution in [0.15, 0.2) is 21.2 Å². The largest absolute Gasteiger partial charge is 0.454 e. The fraction of sp³-hybridized carbons (Fsp3) is 0.600. The first-order valence-corrected chi connectivity index (χ1v) is 5.46. The first-order chi connectivity index (χ1) is 6.15. The standard InChI is InChI=1S/C10H14BrNO/c1-7(12)10(5-2-6-10)8-3-4-9(11)13-8/h3-4,7H,2,5-6,12H2,1H3. The van der Waals surface area contributed by atoms with E-state index in [1.165, 1.54) is 6.42 Å². The number of furan rings is 1. The predicted molar refractivity (Wildman–Crippen MR) is 55.6 cm³/mol. The van der Waals surface area contributed by atoms with Crippen LogP contribution in [-0.2, 0) is 5.41 Å². The lowest BCUT2D eigenvalue weighted by Gasteiger charge is -2.43. The Hall–Kier alpha value is -0.280.